The van der Waals surface area contributed by atoms with Crippen LogP contribution in [0.1, 0.15) is 12.5 Å². The zero-order valence-electron chi connectivity index (χ0n) is 16.3. The number of morpholine rings is 1. The Hall–Kier alpha value is -1.67. The van der Waals surface area contributed by atoms with Gasteiger partial charge in [-0.15, -0.1) is 0 Å². The van der Waals surface area contributed by atoms with Gasteiger partial charge in [0, 0.05) is 51.9 Å². The number of carboxylic acid groups (broad SMARTS) is 1. The first kappa shape index (κ1) is 20.1. The van der Waals surface area contributed by atoms with Crippen molar-refractivity contribution in [3.63, 3.8) is 0 Å². The number of hydrogen-bond donors (Lipinski definition) is 1. The second-order valence-electron chi connectivity index (χ2n) is 7.53. The molecule has 150 valence electrons. The van der Waals surface area contributed by atoms with Gasteiger partial charge in [-0.3, -0.25) is 9.80 Å². The van der Waals surface area contributed by atoms with Crippen molar-refractivity contribution < 1.29 is 19.4 Å². The minimum absolute atomic E-state index is 0.0121. The van der Waals surface area contributed by atoms with Crippen molar-refractivity contribution >= 4 is 6.09 Å². The Morgan fingerprint density at radius 1 is 1.22 bits per heavy atom. The summed E-state index contributed by atoms with van der Waals surface area (Å²) in [6.07, 6.45) is -0.831. The largest absolute Gasteiger partial charge is 0.465 e. The van der Waals surface area contributed by atoms with Gasteiger partial charge in [0.1, 0.15) is 0 Å². The Morgan fingerprint density at radius 3 is 2.70 bits per heavy atom. The lowest BCUT2D eigenvalue weighted by molar-refractivity contribution is -0.0557. The van der Waals surface area contributed by atoms with Crippen molar-refractivity contribution in [1.29, 1.82) is 0 Å². The van der Waals surface area contributed by atoms with E-state index in [1.807, 2.05) is 13.0 Å². The first-order valence-corrected chi connectivity index (χ1v) is 9.66. The van der Waals surface area contributed by atoms with Crippen molar-refractivity contribution in [3.05, 3.63) is 35.9 Å². The Balaban J connectivity index is 1.74. The number of nitrogens with zero attached hydrogens (tertiary/aromatic N) is 3. The lowest BCUT2D eigenvalue weighted by atomic mass is 10.0. The van der Waals surface area contributed by atoms with E-state index in [0.717, 1.165) is 26.2 Å². The molecule has 3 atom stereocenters. The maximum absolute atomic E-state index is 11.7. The standard InChI is InChI=1S/C20H31N3O4/c1-16-10-22(11-17-6-4-3-5-7-17)18(13-23(16)20(24)25)12-21-8-9-27-15-19(21)14-26-2/h3-7,16,18-19H,8-15H2,1-2H3,(H,24,25)/t16-,18?,19-/m1/s1. The first-order chi connectivity index (χ1) is 13.1. The molecule has 2 saturated heterocycles. The lowest BCUT2D eigenvalue weighted by Gasteiger charge is -2.47. The Labute approximate surface area is 161 Å². The van der Waals surface area contributed by atoms with Crippen molar-refractivity contribution in [2.24, 2.45) is 0 Å². The van der Waals surface area contributed by atoms with E-state index in [0.29, 0.717) is 26.4 Å². The number of methoxy groups -OCH3 is 1. The van der Waals surface area contributed by atoms with Gasteiger partial charge in [-0.05, 0) is 12.5 Å². The number of carbonyl (C=O) groups is 1. The van der Waals surface area contributed by atoms with Crippen LogP contribution in [0.15, 0.2) is 30.3 Å². The molecule has 0 saturated carbocycles. The third kappa shape index (κ3) is 5.19. The highest BCUT2D eigenvalue weighted by atomic mass is 16.5. The van der Waals surface area contributed by atoms with Gasteiger partial charge in [-0.25, -0.2) is 4.79 Å². The molecule has 1 unspecified atom stereocenters. The van der Waals surface area contributed by atoms with Gasteiger partial charge in [0.15, 0.2) is 0 Å². The van der Waals surface area contributed by atoms with E-state index in [4.69, 9.17) is 9.47 Å². The summed E-state index contributed by atoms with van der Waals surface area (Å²) in [5, 5.41) is 9.60. The van der Waals surface area contributed by atoms with Crippen LogP contribution in [0.2, 0.25) is 0 Å². The van der Waals surface area contributed by atoms with Gasteiger partial charge in [-0.1, -0.05) is 30.3 Å². The summed E-state index contributed by atoms with van der Waals surface area (Å²) < 4.78 is 11.0. The number of amides is 1. The zero-order valence-corrected chi connectivity index (χ0v) is 16.3. The van der Waals surface area contributed by atoms with Gasteiger partial charge in [-0.2, -0.15) is 0 Å². The van der Waals surface area contributed by atoms with Crippen LogP contribution in [0.4, 0.5) is 4.79 Å². The molecule has 2 aliphatic heterocycles. The van der Waals surface area contributed by atoms with Crippen molar-refractivity contribution in [3.8, 4) is 0 Å². The van der Waals surface area contributed by atoms with Gasteiger partial charge in [0.2, 0.25) is 0 Å². The number of piperazine rings is 1. The number of rotatable bonds is 6. The molecule has 0 aliphatic carbocycles. The molecular weight excluding hydrogens is 346 g/mol. The molecule has 27 heavy (non-hydrogen) atoms. The topological polar surface area (TPSA) is 65.5 Å². The first-order valence-electron chi connectivity index (χ1n) is 9.66. The average molecular weight is 377 g/mol. The van der Waals surface area contributed by atoms with E-state index in [-0.39, 0.29) is 18.1 Å². The summed E-state index contributed by atoms with van der Waals surface area (Å²) in [6.45, 7) is 7.78. The Bertz CT molecular complexity index is 598. The van der Waals surface area contributed by atoms with E-state index in [1.54, 1.807) is 12.0 Å². The molecule has 7 heteroatoms. The van der Waals surface area contributed by atoms with E-state index in [2.05, 4.69) is 34.1 Å². The molecule has 1 aromatic rings. The van der Waals surface area contributed by atoms with Gasteiger partial charge in [0.25, 0.3) is 0 Å². The van der Waals surface area contributed by atoms with Crippen LogP contribution < -0.4 is 0 Å². The minimum Gasteiger partial charge on any atom is -0.465 e. The summed E-state index contributed by atoms with van der Waals surface area (Å²) in [7, 11) is 1.71. The molecule has 1 aromatic carbocycles. The monoisotopic (exact) mass is 377 g/mol. The highest BCUT2D eigenvalue weighted by Crippen LogP contribution is 2.21. The number of benzene rings is 1. The predicted octanol–water partition coefficient (Wildman–Crippen LogP) is 1.59. The van der Waals surface area contributed by atoms with Crippen LogP contribution in [0.3, 0.4) is 0 Å². The van der Waals surface area contributed by atoms with Crippen molar-refractivity contribution in [2.45, 2.75) is 31.6 Å². The second-order valence-corrected chi connectivity index (χ2v) is 7.53. The normalized spacial score (nSPS) is 27.6. The third-order valence-electron chi connectivity index (χ3n) is 5.58. The molecular formula is C20H31N3O4. The summed E-state index contributed by atoms with van der Waals surface area (Å²) in [4.78, 5) is 18.1. The predicted molar refractivity (Wildman–Crippen MR) is 103 cm³/mol. The Morgan fingerprint density at radius 2 is 2.00 bits per heavy atom. The molecule has 3 rings (SSSR count). The van der Waals surface area contributed by atoms with Crippen LogP contribution in [-0.4, -0.2) is 97.1 Å². The van der Waals surface area contributed by atoms with Crippen molar-refractivity contribution in [1.82, 2.24) is 14.7 Å². The molecule has 0 spiro atoms. The summed E-state index contributed by atoms with van der Waals surface area (Å²) in [5.41, 5.74) is 1.26. The molecule has 2 fully saturated rings. The fourth-order valence-electron chi connectivity index (χ4n) is 4.11. The molecule has 2 aliphatic rings. The van der Waals surface area contributed by atoms with Crippen molar-refractivity contribution in [2.75, 3.05) is 53.1 Å². The summed E-state index contributed by atoms with van der Waals surface area (Å²) >= 11 is 0. The fraction of sp³-hybridized carbons (Fsp3) is 0.650. The Kier molecular flexibility index (Phi) is 7.07. The molecule has 0 radical (unpaired) electrons. The number of hydrogen-bond acceptors (Lipinski definition) is 5. The minimum atomic E-state index is -0.831. The van der Waals surface area contributed by atoms with Gasteiger partial charge >= 0.3 is 6.09 Å². The van der Waals surface area contributed by atoms with Crippen LogP contribution in [0.25, 0.3) is 0 Å². The van der Waals surface area contributed by atoms with Gasteiger partial charge in [0.05, 0.1) is 25.9 Å². The van der Waals surface area contributed by atoms with E-state index >= 15 is 0 Å². The SMILES string of the molecule is COC[C@@H]1COCCN1CC1CN(C(=O)O)[C@H](C)CN1Cc1ccccc1. The summed E-state index contributed by atoms with van der Waals surface area (Å²) in [6, 6.07) is 10.8. The molecule has 1 amide bonds. The molecule has 0 aromatic heterocycles. The zero-order chi connectivity index (χ0) is 19.2. The van der Waals surface area contributed by atoms with Crippen LogP contribution in [0.5, 0.6) is 0 Å². The molecule has 1 N–H and O–H groups in total. The third-order valence-corrected chi connectivity index (χ3v) is 5.58. The molecule has 2 heterocycles. The van der Waals surface area contributed by atoms with E-state index < -0.39 is 6.09 Å². The quantitative estimate of drug-likeness (QED) is 0.812. The second kappa shape index (κ2) is 9.50. The van der Waals surface area contributed by atoms with E-state index in [9.17, 15) is 9.90 Å². The highest BCUT2D eigenvalue weighted by molar-refractivity contribution is 5.65. The maximum Gasteiger partial charge on any atom is 0.407 e. The highest BCUT2D eigenvalue weighted by Gasteiger charge is 2.36. The smallest absolute Gasteiger partial charge is 0.407 e. The summed E-state index contributed by atoms with van der Waals surface area (Å²) in [5.74, 6) is 0. The van der Waals surface area contributed by atoms with Crippen LogP contribution in [-0.2, 0) is 16.0 Å². The van der Waals surface area contributed by atoms with E-state index in [1.165, 1.54) is 5.56 Å². The molecule has 0 bridgehead atoms. The fourth-order valence-corrected chi connectivity index (χ4v) is 4.11. The molecule has 7 nitrogen and oxygen atoms in total. The average Bonchev–Trinajstić information content (AvgIpc) is 2.66. The van der Waals surface area contributed by atoms with Crippen LogP contribution >= 0.6 is 0 Å². The van der Waals surface area contributed by atoms with Crippen LogP contribution in [0, 0.1) is 0 Å². The van der Waals surface area contributed by atoms with Gasteiger partial charge < -0.3 is 19.5 Å². The maximum atomic E-state index is 11.7. The lowest BCUT2D eigenvalue weighted by Crippen LogP contribution is -2.62. The number of ether oxygens (including phenoxy) is 2.